The quantitative estimate of drug-likeness (QED) is 0.713. The van der Waals surface area contributed by atoms with Crippen LogP contribution in [0.5, 0.6) is 0 Å². The molecule has 0 aromatic heterocycles. The summed E-state index contributed by atoms with van der Waals surface area (Å²) < 4.78 is 0. The molecule has 4 nitrogen and oxygen atoms in total. The third-order valence-electron chi connectivity index (χ3n) is 5.71. The fraction of sp³-hybridized carbons (Fsp3) is 0.280. The van der Waals surface area contributed by atoms with Crippen molar-refractivity contribution in [2.24, 2.45) is 0 Å². The van der Waals surface area contributed by atoms with E-state index >= 15 is 0 Å². The molecule has 0 aliphatic carbocycles. The van der Waals surface area contributed by atoms with Crippen LogP contribution in [0.4, 0.5) is 0 Å². The highest BCUT2D eigenvalue weighted by Crippen LogP contribution is 2.23. The normalized spacial score (nSPS) is 17.3. The van der Waals surface area contributed by atoms with Crippen LogP contribution in [0.1, 0.15) is 36.9 Å². The van der Waals surface area contributed by atoms with Gasteiger partial charge in [-0.2, -0.15) is 0 Å². The van der Waals surface area contributed by atoms with Gasteiger partial charge in [0.15, 0.2) is 0 Å². The Balaban J connectivity index is 1.42. The van der Waals surface area contributed by atoms with Crippen molar-refractivity contribution in [3.63, 3.8) is 0 Å². The van der Waals surface area contributed by atoms with Crippen LogP contribution in [0.2, 0.25) is 0 Å². The van der Waals surface area contributed by atoms with Gasteiger partial charge in [0.2, 0.25) is 11.8 Å². The Morgan fingerprint density at radius 2 is 1.72 bits per heavy atom. The van der Waals surface area contributed by atoms with E-state index in [0.29, 0.717) is 13.0 Å². The Hall–Kier alpha value is -3.14. The lowest BCUT2D eigenvalue weighted by molar-refractivity contribution is -0.138. The van der Waals surface area contributed by atoms with Gasteiger partial charge in [0.25, 0.3) is 0 Å². The predicted octanol–water partition coefficient (Wildman–Crippen LogP) is 4.25. The maximum absolute atomic E-state index is 13.0. The van der Waals surface area contributed by atoms with E-state index in [2.05, 4.69) is 35.6 Å². The average molecular weight is 386 g/mol. The molecule has 0 spiro atoms. The first-order chi connectivity index (χ1) is 14.1. The molecule has 1 fully saturated rings. The molecule has 0 radical (unpaired) electrons. The smallest absolute Gasteiger partial charge is 0.243 e. The number of carbonyl (C=O) groups excluding carboxylic acids is 2. The van der Waals surface area contributed by atoms with Crippen LogP contribution in [0.3, 0.4) is 0 Å². The van der Waals surface area contributed by atoms with Crippen molar-refractivity contribution in [3.8, 4) is 0 Å². The number of nitrogens with zero attached hydrogens (tertiary/aromatic N) is 1. The molecule has 1 saturated heterocycles. The van der Waals surface area contributed by atoms with Crippen molar-refractivity contribution < 1.29 is 9.59 Å². The van der Waals surface area contributed by atoms with Crippen LogP contribution in [-0.4, -0.2) is 29.3 Å². The van der Waals surface area contributed by atoms with E-state index in [1.165, 1.54) is 5.39 Å². The molecule has 1 aliphatic rings. The van der Waals surface area contributed by atoms with Crippen LogP contribution in [0, 0.1) is 0 Å². The van der Waals surface area contributed by atoms with Crippen molar-refractivity contribution in [2.45, 2.75) is 38.3 Å². The maximum Gasteiger partial charge on any atom is 0.243 e. The van der Waals surface area contributed by atoms with E-state index in [-0.39, 0.29) is 23.9 Å². The largest absolute Gasteiger partial charge is 0.348 e. The number of fused-ring (bicyclic) bond motifs is 1. The second kappa shape index (κ2) is 8.48. The number of benzene rings is 3. The Morgan fingerprint density at radius 1 is 1.00 bits per heavy atom. The molecule has 2 unspecified atom stereocenters. The highest BCUT2D eigenvalue weighted by Gasteiger charge is 2.34. The molecular formula is C25H26N2O2. The van der Waals surface area contributed by atoms with Gasteiger partial charge < -0.3 is 10.2 Å². The zero-order valence-corrected chi connectivity index (χ0v) is 16.7. The third-order valence-corrected chi connectivity index (χ3v) is 5.71. The van der Waals surface area contributed by atoms with Gasteiger partial charge in [-0.1, -0.05) is 66.7 Å². The zero-order valence-electron chi connectivity index (χ0n) is 16.7. The molecule has 148 valence electrons. The molecule has 3 aromatic carbocycles. The van der Waals surface area contributed by atoms with Gasteiger partial charge in [0.05, 0.1) is 12.5 Å². The molecule has 4 rings (SSSR count). The number of rotatable bonds is 5. The number of amides is 2. The summed E-state index contributed by atoms with van der Waals surface area (Å²) >= 11 is 0. The lowest BCUT2D eigenvalue weighted by Gasteiger charge is -2.26. The van der Waals surface area contributed by atoms with Crippen LogP contribution in [0.25, 0.3) is 10.8 Å². The van der Waals surface area contributed by atoms with Crippen molar-refractivity contribution in [2.75, 3.05) is 6.54 Å². The van der Waals surface area contributed by atoms with Gasteiger partial charge in [-0.3, -0.25) is 9.59 Å². The van der Waals surface area contributed by atoms with Gasteiger partial charge >= 0.3 is 0 Å². The van der Waals surface area contributed by atoms with Crippen LogP contribution in [0.15, 0.2) is 72.8 Å². The molecule has 0 bridgehead atoms. The van der Waals surface area contributed by atoms with Crippen LogP contribution < -0.4 is 5.32 Å². The fourth-order valence-electron chi connectivity index (χ4n) is 4.08. The summed E-state index contributed by atoms with van der Waals surface area (Å²) in [4.78, 5) is 27.5. The number of hydrogen-bond acceptors (Lipinski definition) is 2. The lowest BCUT2D eigenvalue weighted by atomic mass is 10.0. The van der Waals surface area contributed by atoms with Gasteiger partial charge in [-0.25, -0.2) is 0 Å². The lowest BCUT2D eigenvalue weighted by Crippen LogP contribution is -2.47. The minimum atomic E-state index is -0.380. The van der Waals surface area contributed by atoms with Crippen LogP contribution in [-0.2, 0) is 16.0 Å². The molecule has 1 aliphatic heterocycles. The molecule has 1 N–H and O–H groups in total. The third kappa shape index (κ3) is 4.32. The topological polar surface area (TPSA) is 49.4 Å². The van der Waals surface area contributed by atoms with Crippen molar-refractivity contribution >= 4 is 22.6 Å². The van der Waals surface area contributed by atoms with Gasteiger partial charge in [-0.05, 0) is 47.7 Å². The van der Waals surface area contributed by atoms with E-state index < -0.39 is 0 Å². The number of nitrogens with one attached hydrogen (secondary N) is 1. The molecule has 0 saturated carbocycles. The highest BCUT2D eigenvalue weighted by molar-refractivity contribution is 5.89. The van der Waals surface area contributed by atoms with E-state index in [0.717, 1.165) is 29.4 Å². The minimum Gasteiger partial charge on any atom is -0.348 e. The Bertz CT molecular complexity index is 1020. The number of carbonyl (C=O) groups is 2. The van der Waals surface area contributed by atoms with E-state index in [1.807, 2.05) is 49.4 Å². The van der Waals surface area contributed by atoms with Gasteiger partial charge in [0.1, 0.15) is 6.04 Å². The summed E-state index contributed by atoms with van der Waals surface area (Å²) in [5.74, 6) is -0.0446. The Labute approximate surface area is 171 Å². The first kappa shape index (κ1) is 19.2. The van der Waals surface area contributed by atoms with Crippen LogP contribution >= 0.6 is 0 Å². The predicted molar refractivity (Wildman–Crippen MR) is 115 cm³/mol. The van der Waals surface area contributed by atoms with E-state index in [4.69, 9.17) is 0 Å². The monoisotopic (exact) mass is 386 g/mol. The molecule has 2 atom stereocenters. The van der Waals surface area contributed by atoms with E-state index in [1.54, 1.807) is 4.90 Å². The molecule has 4 heteroatoms. The second-order valence-electron chi connectivity index (χ2n) is 7.74. The molecule has 29 heavy (non-hydrogen) atoms. The molecule has 3 aromatic rings. The van der Waals surface area contributed by atoms with Gasteiger partial charge in [-0.15, -0.1) is 0 Å². The van der Waals surface area contributed by atoms with Crippen molar-refractivity contribution in [3.05, 3.63) is 83.9 Å². The standard InChI is InChI=1S/C25H26N2O2/c1-18(21-14-13-20-10-5-6-11-22(20)17-21)26-25(29)23-12-7-15-27(23)24(28)16-19-8-3-2-4-9-19/h2-6,8-11,13-14,17-18,23H,7,12,15-16H2,1H3,(H,26,29). The summed E-state index contributed by atoms with van der Waals surface area (Å²) in [6, 6.07) is 23.7. The minimum absolute atomic E-state index is 0.0206. The first-order valence-electron chi connectivity index (χ1n) is 10.2. The Kier molecular flexibility index (Phi) is 5.61. The summed E-state index contributed by atoms with van der Waals surface area (Å²) in [5.41, 5.74) is 2.05. The number of hydrogen-bond donors (Lipinski definition) is 1. The summed E-state index contributed by atoms with van der Waals surface area (Å²) in [6.45, 7) is 2.64. The zero-order chi connectivity index (χ0) is 20.2. The average Bonchev–Trinajstić information content (AvgIpc) is 3.24. The van der Waals surface area contributed by atoms with Crippen molar-refractivity contribution in [1.29, 1.82) is 0 Å². The van der Waals surface area contributed by atoms with Crippen molar-refractivity contribution in [1.82, 2.24) is 10.2 Å². The first-order valence-corrected chi connectivity index (χ1v) is 10.2. The SMILES string of the molecule is CC(NC(=O)C1CCCN1C(=O)Cc1ccccc1)c1ccc2ccccc2c1. The van der Waals surface area contributed by atoms with E-state index in [9.17, 15) is 9.59 Å². The summed E-state index contributed by atoms with van der Waals surface area (Å²) in [6.07, 6.45) is 1.92. The fourth-order valence-corrected chi connectivity index (χ4v) is 4.08. The molecule has 1 heterocycles. The molecular weight excluding hydrogens is 360 g/mol. The summed E-state index contributed by atoms with van der Waals surface area (Å²) in [7, 11) is 0. The van der Waals surface area contributed by atoms with Gasteiger partial charge in [0, 0.05) is 6.54 Å². The second-order valence-corrected chi connectivity index (χ2v) is 7.74. The maximum atomic E-state index is 13.0. The highest BCUT2D eigenvalue weighted by atomic mass is 16.2. The number of likely N-dealkylation sites (tertiary alicyclic amines) is 1. The Morgan fingerprint density at radius 3 is 2.52 bits per heavy atom. The molecule has 2 amide bonds. The summed E-state index contributed by atoms with van der Waals surface area (Å²) in [5, 5.41) is 5.46.